The number of anilines is 2. The fraction of sp³-hybridized carbons (Fsp3) is 0.133. The molecule has 0 aliphatic heterocycles. The van der Waals surface area contributed by atoms with E-state index in [1.165, 1.54) is 19.2 Å². The van der Waals surface area contributed by atoms with Crippen molar-refractivity contribution in [2.75, 3.05) is 24.8 Å². The smallest absolute Gasteiger partial charge is 0.359 e. The number of carbonyl (C=O) groups excluding carboxylic acids is 2. The summed E-state index contributed by atoms with van der Waals surface area (Å²) in [6, 6.07) is 3.81. The third-order valence-electron chi connectivity index (χ3n) is 3.28. The summed E-state index contributed by atoms with van der Waals surface area (Å²) in [5.74, 6) is -1.70. The van der Waals surface area contributed by atoms with Crippen molar-refractivity contribution in [3.63, 3.8) is 0 Å². The van der Waals surface area contributed by atoms with Crippen LogP contribution in [0.3, 0.4) is 0 Å². The summed E-state index contributed by atoms with van der Waals surface area (Å²) in [4.78, 5) is 38.1. The number of carbonyl (C=O) groups is 2. The van der Waals surface area contributed by atoms with E-state index in [-0.39, 0.29) is 32.3 Å². The molecule has 3 N–H and O–H groups in total. The molecule has 0 spiro atoms. The zero-order valence-corrected chi connectivity index (χ0v) is 16.3. The Morgan fingerprint density at radius 1 is 1.29 bits per heavy atom. The molecule has 13 heteroatoms. The molecular formula is C15H11Cl3N4O6. The van der Waals surface area contributed by atoms with E-state index in [0.29, 0.717) is 0 Å². The first-order chi connectivity index (χ1) is 13.1. The highest BCUT2D eigenvalue weighted by atomic mass is 35.5. The van der Waals surface area contributed by atoms with Crippen LogP contribution in [0.5, 0.6) is 5.75 Å². The first kappa shape index (κ1) is 21.5. The molecule has 1 aromatic heterocycles. The van der Waals surface area contributed by atoms with E-state index in [1.54, 1.807) is 0 Å². The zero-order chi connectivity index (χ0) is 21.0. The Labute approximate surface area is 172 Å². The van der Waals surface area contributed by atoms with Crippen LogP contribution in [0.15, 0.2) is 18.2 Å². The number of nitrogens with zero attached hydrogens (tertiary/aromatic N) is 2. The molecule has 0 aliphatic rings. The molecule has 0 unspecified atom stereocenters. The number of amides is 1. The van der Waals surface area contributed by atoms with Gasteiger partial charge in [0, 0.05) is 0 Å². The number of hydrogen-bond acceptors (Lipinski definition) is 8. The average Bonchev–Trinajstić information content (AvgIpc) is 2.67. The van der Waals surface area contributed by atoms with Crippen LogP contribution < -0.4 is 15.8 Å². The number of halogens is 3. The van der Waals surface area contributed by atoms with Gasteiger partial charge in [0.15, 0.2) is 17.5 Å². The highest BCUT2D eigenvalue weighted by Crippen LogP contribution is 2.34. The summed E-state index contributed by atoms with van der Waals surface area (Å²) in [6.07, 6.45) is 0. The molecule has 148 valence electrons. The first-order valence-corrected chi connectivity index (χ1v) is 8.38. The van der Waals surface area contributed by atoms with E-state index in [0.717, 1.165) is 6.07 Å². The van der Waals surface area contributed by atoms with Gasteiger partial charge in [-0.15, -0.1) is 0 Å². The molecule has 28 heavy (non-hydrogen) atoms. The van der Waals surface area contributed by atoms with Gasteiger partial charge >= 0.3 is 5.97 Å². The number of benzene rings is 1. The van der Waals surface area contributed by atoms with Gasteiger partial charge < -0.3 is 20.5 Å². The maximum Gasteiger partial charge on any atom is 0.359 e. The predicted octanol–water partition coefficient (Wildman–Crippen LogP) is 3.34. The second-order valence-electron chi connectivity index (χ2n) is 5.06. The predicted molar refractivity (Wildman–Crippen MR) is 102 cm³/mol. The van der Waals surface area contributed by atoms with E-state index < -0.39 is 34.8 Å². The van der Waals surface area contributed by atoms with E-state index in [2.05, 4.69) is 10.3 Å². The van der Waals surface area contributed by atoms with Crippen LogP contribution in [0.25, 0.3) is 0 Å². The molecule has 1 amide bonds. The maximum absolute atomic E-state index is 12.1. The monoisotopic (exact) mass is 448 g/mol. The van der Waals surface area contributed by atoms with Crippen LogP contribution in [-0.4, -0.2) is 35.5 Å². The van der Waals surface area contributed by atoms with Crippen molar-refractivity contribution < 1.29 is 24.0 Å². The fourth-order valence-electron chi connectivity index (χ4n) is 1.95. The molecule has 0 radical (unpaired) electrons. The summed E-state index contributed by atoms with van der Waals surface area (Å²) in [5, 5.41) is 12.7. The zero-order valence-electron chi connectivity index (χ0n) is 14.0. The highest BCUT2D eigenvalue weighted by Gasteiger charge is 2.22. The number of pyridine rings is 1. The summed E-state index contributed by atoms with van der Waals surface area (Å²) >= 11 is 17.4. The van der Waals surface area contributed by atoms with E-state index in [1.807, 2.05) is 0 Å². The van der Waals surface area contributed by atoms with Gasteiger partial charge in [0.05, 0.1) is 28.8 Å². The number of hydrogen-bond donors (Lipinski definition) is 2. The minimum Gasteiger partial charge on any atom is -0.496 e. The Morgan fingerprint density at radius 2 is 1.96 bits per heavy atom. The Kier molecular flexibility index (Phi) is 6.84. The largest absolute Gasteiger partial charge is 0.496 e. The Bertz CT molecular complexity index is 969. The second-order valence-corrected chi connectivity index (χ2v) is 6.17. The van der Waals surface area contributed by atoms with Crippen LogP contribution in [0.4, 0.5) is 17.1 Å². The van der Waals surface area contributed by atoms with Crippen LogP contribution in [0, 0.1) is 10.1 Å². The van der Waals surface area contributed by atoms with Crippen molar-refractivity contribution in [1.29, 1.82) is 0 Å². The third-order valence-corrected chi connectivity index (χ3v) is 4.41. The van der Waals surface area contributed by atoms with Crippen molar-refractivity contribution in [2.24, 2.45) is 0 Å². The topological polar surface area (TPSA) is 147 Å². The van der Waals surface area contributed by atoms with Crippen molar-refractivity contribution in [1.82, 2.24) is 4.98 Å². The minimum atomic E-state index is -1.09. The molecule has 0 saturated carbocycles. The molecule has 2 aromatic rings. The summed E-state index contributed by atoms with van der Waals surface area (Å²) in [5.41, 5.74) is 4.48. The van der Waals surface area contributed by atoms with E-state index in [4.69, 9.17) is 50.0 Å². The van der Waals surface area contributed by atoms with Crippen molar-refractivity contribution in [2.45, 2.75) is 0 Å². The maximum atomic E-state index is 12.1. The number of nitrogens with two attached hydrogens (primary N) is 1. The van der Waals surface area contributed by atoms with Crippen molar-refractivity contribution in [3.8, 4) is 5.75 Å². The molecule has 0 fully saturated rings. The van der Waals surface area contributed by atoms with Crippen LogP contribution in [0.2, 0.25) is 15.2 Å². The van der Waals surface area contributed by atoms with E-state index >= 15 is 0 Å². The molecule has 1 heterocycles. The molecule has 0 atom stereocenters. The van der Waals surface area contributed by atoms with Gasteiger partial charge in [0.1, 0.15) is 16.5 Å². The van der Waals surface area contributed by atoms with Gasteiger partial charge in [0.2, 0.25) is 0 Å². The number of rotatable bonds is 6. The summed E-state index contributed by atoms with van der Waals surface area (Å²) in [6.45, 7) is -0.778. The molecule has 0 bridgehead atoms. The number of esters is 1. The molecule has 10 nitrogen and oxygen atoms in total. The number of nitrogen functional groups attached to an aromatic ring is 1. The summed E-state index contributed by atoms with van der Waals surface area (Å²) in [7, 11) is 1.34. The van der Waals surface area contributed by atoms with Gasteiger partial charge in [-0.3, -0.25) is 14.9 Å². The van der Waals surface area contributed by atoms with Gasteiger partial charge in [-0.05, 0) is 12.1 Å². The molecule has 0 saturated heterocycles. The second kappa shape index (κ2) is 8.91. The van der Waals surface area contributed by atoms with Gasteiger partial charge in [-0.1, -0.05) is 34.8 Å². The quantitative estimate of drug-likeness (QED) is 0.295. The third kappa shape index (κ3) is 4.71. The SMILES string of the molecule is COc1ccc(NC(=O)COC(=O)c2nc(Cl)c(Cl)c(N)c2Cl)c([N+](=O)[O-])c1. The number of methoxy groups -OCH3 is 1. The Morgan fingerprint density at radius 3 is 2.57 bits per heavy atom. The number of nitro benzene ring substituents is 1. The number of nitrogens with one attached hydrogen (secondary N) is 1. The van der Waals surface area contributed by atoms with Gasteiger partial charge in [-0.25, -0.2) is 9.78 Å². The Hall–Kier alpha value is -2.82. The molecule has 1 aromatic carbocycles. The van der Waals surface area contributed by atoms with Crippen LogP contribution in [0.1, 0.15) is 10.5 Å². The molecule has 0 aliphatic carbocycles. The number of nitro groups is 1. The van der Waals surface area contributed by atoms with Crippen molar-refractivity contribution in [3.05, 3.63) is 49.2 Å². The standard InChI is InChI=1S/C15H11Cl3N4O6/c1-27-6-2-3-7(8(4-6)22(25)26)20-9(23)5-28-15(24)13-10(16)12(19)11(17)14(18)21-13/h2-4H,5H2,1H3,(H2,19,21)(H,20,23). The lowest BCUT2D eigenvalue weighted by Gasteiger charge is -2.10. The fourth-order valence-corrected chi connectivity index (χ4v) is 2.53. The lowest BCUT2D eigenvalue weighted by Crippen LogP contribution is -2.22. The van der Waals surface area contributed by atoms with Crippen molar-refractivity contribution >= 4 is 63.7 Å². The lowest BCUT2D eigenvalue weighted by molar-refractivity contribution is -0.384. The molecular weight excluding hydrogens is 439 g/mol. The minimum absolute atomic E-state index is 0.109. The normalized spacial score (nSPS) is 10.3. The summed E-state index contributed by atoms with van der Waals surface area (Å²) < 4.78 is 9.68. The first-order valence-electron chi connectivity index (χ1n) is 7.25. The highest BCUT2D eigenvalue weighted by molar-refractivity contribution is 6.46. The number of ether oxygens (including phenoxy) is 2. The van der Waals surface area contributed by atoms with Gasteiger partial charge in [-0.2, -0.15) is 0 Å². The number of aromatic nitrogens is 1. The van der Waals surface area contributed by atoms with Gasteiger partial charge in [0.25, 0.3) is 11.6 Å². The van der Waals surface area contributed by atoms with Crippen LogP contribution >= 0.6 is 34.8 Å². The Balaban J connectivity index is 2.09. The van der Waals surface area contributed by atoms with E-state index in [9.17, 15) is 19.7 Å². The average molecular weight is 450 g/mol. The molecule has 2 rings (SSSR count). The van der Waals surface area contributed by atoms with Crippen LogP contribution in [-0.2, 0) is 9.53 Å². The lowest BCUT2D eigenvalue weighted by atomic mass is 10.2.